The number of nitrogens with one attached hydrogen (secondary N) is 4. The van der Waals surface area contributed by atoms with Crippen molar-refractivity contribution in [3.63, 3.8) is 0 Å². The summed E-state index contributed by atoms with van der Waals surface area (Å²) in [5.41, 5.74) is 1.88. The number of aryl methyl sites for hydroxylation is 2. The third-order valence-electron chi connectivity index (χ3n) is 8.32. The first-order valence-corrected chi connectivity index (χ1v) is 19.0. The summed E-state index contributed by atoms with van der Waals surface area (Å²) in [5, 5.41) is 11.2. The average Bonchev–Trinajstić information content (AvgIpc) is 3.07. The minimum Gasteiger partial charge on any atom is -0.379 e. The van der Waals surface area contributed by atoms with Crippen molar-refractivity contribution >= 4 is 43.7 Å². The van der Waals surface area contributed by atoms with Gasteiger partial charge >= 0.3 is 32.3 Å². The second-order valence-corrected chi connectivity index (χ2v) is 15.3. The molecule has 4 aromatic rings. The van der Waals surface area contributed by atoms with Crippen molar-refractivity contribution in [3.8, 4) is 11.5 Å². The Kier molecular flexibility index (Phi) is 11.6. The summed E-state index contributed by atoms with van der Waals surface area (Å²) in [6.45, 7) is 4.24. The second kappa shape index (κ2) is 16.1. The molecule has 0 bridgehead atoms. The zero-order valence-electron chi connectivity index (χ0n) is 27.7. The van der Waals surface area contributed by atoms with Crippen molar-refractivity contribution in [2.45, 2.75) is 49.3 Å². The van der Waals surface area contributed by atoms with Crippen molar-refractivity contribution in [3.05, 3.63) is 108 Å². The standard InChI is InChI=1S/C36H40N4O8S2/c1-25-10-3-5-18-33(25)49(43,44)47-31-16-8-14-29(21-31)39-35(41)37-23-27-12-7-13-28(20-27)24-38-36(42)40-30-15-9-17-32(22-30)48-50(45,46)34-19-6-4-11-26(34)2/h3-6,8-11,14-19,21-22,27-28H,7,12-13,20,23-24H2,1-2H3,(H2,37,39,41)(H2,38,40,42). The Hall–Kier alpha value is -5.08. The van der Waals surface area contributed by atoms with Gasteiger partial charge in [0.25, 0.3) is 0 Å². The van der Waals surface area contributed by atoms with Crippen LogP contribution in [0.3, 0.4) is 0 Å². The lowest BCUT2D eigenvalue weighted by atomic mass is 9.81. The van der Waals surface area contributed by atoms with Crippen molar-refractivity contribution in [1.82, 2.24) is 10.6 Å². The summed E-state index contributed by atoms with van der Waals surface area (Å²) in [5.74, 6) is 0.569. The SMILES string of the molecule is Cc1ccccc1S(=O)(=O)Oc1cccc(NC(=O)NCC2CCCC(CNC(=O)Nc3cccc(OS(=O)(=O)c4ccccc4C)c3)C2)c1. The number of anilines is 2. The fraction of sp³-hybridized carbons (Fsp3) is 0.278. The first-order chi connectivity index (χ1) is 23.9. The maximum atomic E-state index is 12.8. The van der Waals surface area contributed by atoms with E-state index in [1.807, 2.05) is 0 Å². The Morgan fingerprint density at radius 2 is 1.04 bits per heavy atom. The maximum absolute atomic E-state index is 12.8. The zero-order chi connectivity index (χ0) is 35.7. The van der Waals surface area contributed by atoms with Gasteiger partial charge in [0, 0.05) is 36.6 Å². The molecule has 5 rings (SSSR count). The molecule has 2 atom stereocenters. The van der Waals surface area contributed by atoms with Gasteiger partial charge in [-0.15, -0.1) is 0 Å². The molecule has 1 fully saturated rings. The Morgan fingerprint density at radius 3 is 1.46 bits per heavy atom. The van der Waals surface area contributed by atoms with E-state index in [-0.39, 0.29) is 33.1 Å². The zero-order valence-corrected chi connectivity index (χ0v) is 29.4. The normalized spacial score (nSPS) is 16.1. The molecule has 2 unspecified atom stereocenters. The monoisotopic (exact) mass is 720 g/mol. The van der Waals surface area contributed by atoms with Gasteiger partial charge in [-0.3, -0.25) is 0 Å². The smallest absolute Gasteiger partial charge is 0.339 e. The highest BCUT2D eigenvalue weighted by Crippen LogP contribution is 2.29. The summed E-state index contributed by atoms with van der Waals surface area (Å²) in [6, 6.07) is 24.5. The molecule has 1 aliphatic carbocycles. The molecule has 0 radical (unpaired) electrons. The lowest BCUT2D eigenvalue weighted by Gasteiger charge is -2.29. The van der Waals surface area contributed by atoms with Gasteiger partial charge in [0.15, 0.2) is 0 Å². The molecular formula is C36H40N4O8S2. The van der Waals surface area contributed by atoms with E-state index in [0.717, 1.165) is 25.7 Å². The van der Waals surface area contributed by atoms with E-state index in [9.17, 15) is 26.4 Å². The Morgan fingerprint density at radius 1 is 0.620 bits per heavy atom. The van der Waals surface area contributed by atoms with E-state index in [2.05, 4.69) is 21.3 Å². The molecule has 0 aliphatic heterocycles. The highest BCUT2D eigenvalue weighted by Gasteiger charge is 2.24. The first-order valence-electron chi connectivity index (χ1n) is 16.2. The van der Waals surface area contributed by atoms with Crippen LogP contribution in [0.25, 0.3) is 0 Å². The third kappa shape index (κ3) is 9.98. The fourth-order valence-corrected chi connectivity index (χ4v) is 8.17. The number of rotatable bonds is 12. The Bertz CT molecular complexity index is 1910. The Balaban J connectivity index is 1.05. The molecule has 14 heteroatoms. The number of carbonyl (C=O) groups is 2. The number of benzene rings is 4. The molecule has 4 N–H and O–H groups in total. The van der Waals surface area contributed by atoms with Gasteiger partial charge in [0.2, 0.25) is 0 Å². The second-order valence-electron chi connectivity index (χ2n) is 12.2. The quantitative estimate of drug-likeness (QED) is 0.119. The summed E-state index contributed by atoms with van der Waals surface area (Å²) in [7, 11) is -8.09. The van der Waals surface area contributed by atoms with Crippen LogP contribution in [0.5, 0.6) is 11.5 Å². The molecule has 0 heterocycles. The molecule has 4 aromatic carbocycles. The lowest BCUT2D eigenvalue weighted by Crippen LogP contribution is -2.38. The molecule has 4 amide bonds. The van der Waals surface area contributed by atoms with E-state index in [0.29, 0.717) is 35.6 Å². The molecule has 50 heavy (non-hydrogen) atoms. The van der Waals surface area contributed by atoms with E-state index < -0.39 is 32.3 Å². The van der Waals surface area contributed by atoms with Crippen molar-refractivity contribution in [2.75, 3.05) is 23.7 Å². The number of hydrogen-bond acceptors (Lipinski definition) is 8. The topological polar surface area (TPSA) is 169 Å². The minimum atomic E-state index is -4.05. The molecule has 12 nitrogen and oxygen atoms in total. The first kappa shape index (κ1) is 36.2. The summed E-state index contributed by atoms with van der Waals surface area (Å²) < 4.78 is 61.7. The van der Waals surface area contributed by atoms with E-state index in [1.54, 1.807) is 74.5 Å². The van der Waals surface area contributed by atoms with Gasteiger partial charge in [0.1, 0.15) is 21.3 Å². The minimum absolute atomic E-state index is 0.0716. The number of carbonyl (C=O) groups excluding carboxylic acids is 2. The van der Waals surface area contributed by atoms with Gasteiger partial charge in [-0.1, -0.05) is 55.0 Å². The van der Waals surface area contributed by atoms with Crippen LogP contribution in [-0.2, 0) is 20.2 Å². The van der Waals surface area contributed by atoms with Crippen LogP contribution in [0.4, 0.5) is 21.0 Å². The number of amides is 4. The van der Waals surface area contributed by atoms with Gasteiger partial charge in [-0.2, -0.15) is 16.8 Å². The Labute approximate surface area is 292 Å². The summed E-state index contributed by atoms with van der Waals surface area (Å²) >= 11 is 0. The van der Waals surface area contributed by atoms with E-state index >= 15 is 0 Å². The van der Waals surface area contributed by atoms with Crippen LogP contribution in [0, 0.1) is 25.7 Å². The predicted molar refractivity (Wildman–Crippen MR) is 190 cm³/mol. The van der Waals surface area contributed by atoms with Gasteiger partial charge < -0.3 is 29.6 Å². The molecular weight excluding hydrogens is 681 g/mol. The molecule has 1 saturated carbocycles. The molecule has 0 saturated heterocycles. The van der Waals surface area contributed by atoms with Gasteiger partial charge in [-0.05, 0) is 92.5 Å². The lowest BCUT2D eigenvalue weighted by molar-refractivity contribution is 0.230. The van der Waals surface area contributed by atoms with E-state index in [4.69, 9.17) is 8.37 Å². The van der Waals surface area contributed by atoms with Crippen molar-refractivity contribution in [1.29, 1.82) is 0 Å². The van der Waals surface area contributed by atoms with Crippen LogP contribution in [0.2, 0.25) is 0 Å². The van der Waals surface area contributed by atoms with Crippen molar-refractivity contribution < 1.29 is 34.8 Å². The van der Waals surface area contributed by atoms with Crippen LogP contribution in [0.15, 0.2) is 107 Å². The molecule has 264 valence electrons. The van der Waals surface area contributed by atoms with Crippen molar-refractivity contribution in [2.24, 2.45) is 11.8 Å². The number of hydrogen-bond donors (Lipinski definition) is 4. The highest BCUT2D eigenvalue weighted by atomic mass is 32.2. The fourth-order valence-electron chi connectivity index (χ4n) is 5.87. The van der Waals surface area contributed by atoms with Crippen LogP contribution in [-0.4, -0.2) is 42.0 Å². The molecule has 0 spiro atoms. The predicted octanol–water partition coefficient (Wildman–Crippen LogP) is 6.59. The van der Waals surface area contributed by atoms with Crippen LogP contribution < -0.4 is 29.6 Å². The van der Waals surface area contributed by atoms with E-state index in [1.165, 1.54) is 36.4 Å². The number of urea groups is 2. The molecule has 1 aliphatic rings. The average molecular weight is 721 g/mol. The van der Waals surface area contributed by atoms with Gasteiger partial charge in [0.05, 0.1) is 0 Å². The highest BCUT2D eigenvalue weighted by molar-refractivity contribution is 7.87. The largest absolute Gasteiger partial charge is 0.379 e. The van der Waals surface area contributed by atoms with Crippen LogP contribution >= 0.6 is 0 Å². The maximum Gasteiger partial charge on any atom is 0.339 e. The third-order valence-corrected chi connectivity index (χ3v) is 11.1. The summed E-state index contributed by atoms with van der Waals surface area (Å²) in [6.07, 6.45) is 3.62. The summed E-state index contributed by atoms with van der Waals surface area (Å²) in [4.78, 5) is 25.5. The van der Waals surface area contributed by atoms with Gasteiger partial charge in [-0.25, -0.2) is 9.59 Å². The van der Waals surface area contributed by atoms with Crippen LogP contribution in [0.1, 0.15) is 36.8 Å². The molecule has 0 aromatic heterocycles.